The van der Waals surface area contributed by atoms with Gasteiger partial charge in [0.15, 0.2) is 0 Å². The molecule has 1 heterocycles. The quantitative estimate of drug-likeness (QED) is 0.786. The second-order valence-corrected chi connectivity index (χ2v) is 4.01. The van der Waals surface area contributed by atoms with E-state index in [2.05, 4.69) is 4.98 Å². The Morgan fingerprint density at radius 1 is 1.57 bits per heavy atom. The molecular formula is C11H16N2O. The van der Waals surface area contributed by atoms with Gasteiger partial charge in [-0.15, -0.1) is 0 Å². The Bertz CT molecular complexity index is 321. The summed E-state index contributed by atoms with van der Waals surface area (Å²) in [6.07, 6.45) is 6.04. The smallest absolute Gasteiger partial charge is 0.140 e. The van der Waals surface area contributed by atoms with Crippen LogP contribution in [0.1, 0.15) is 25.0 Å². The molecule has 2 rings (SSSR count). The van der Waals surface area contributed by atoms with Gasteiger partial charge in [0.2, 0.25) is 0 Å². The molecule has 1 aliphatic rings. The standard InChI is InChI=1S/C11H16N2O/c1-14-10-3-2-8-13-9(10)4-5-11(12)6-7-11/h2-3,8H,4-7,12H2,1H3. The fourth-order valence-electron chi connectivity index (χ4n) is 1.57. The van der Waals surface area contributed by atoms with E-state index in [0.29, 0.717) is 0 Å². The Hall–Kier alpha value is -1.09. The van der Waals surface area contributed by atoms with Crippen molar-refractivity contribution < 1.29 is 4.74 Å². The van der Waals surface area contributed by atoms with Crippen LogP contribution in [-0.2, 0) is 6.42 Å². The summed E-state index contributed by atoms with van der Waals surface area (Å²) >= 11 is 0. The van der Waals surface area contributed by atoms with Crippen LogP contribution in [0.15, 0.2) is 18.3 Å². The van der Waals surface area contributed by atoms with Gasteiger partial charge in [-0.2, -0.15) is 0 Å². The molecule has 2 N–H and O–H groups in total. The lowest BCUT2D eigenvalue weighted by Gasteiger charge is -2.10. The Kier molecular flexibility index (Phi) is 2.42. The number of hydrogen-bond donors (Lipinski definition) is 1. The van der Waals surface area contributed by atoms with Gasteiger partial charge in [-0.1, -0.05) is 0 Å². The third kappa shape index (κ3) is 2.04. The van der Waals surface area contributed by atoms with Gasteiger partial charge in [-0.05, 0) is 37.8 Å². The van der Waals surface area contributed by atoms with Crippen molar-refractivity contribution >= 4 is 0 Å². The highest BCUT2D eigenvalue weighted by Gasteiger charge is 2.37. The number of ether oxygens (including phenoxy) is 1. The first-order valence-corrected chi connectivity index (χ1v) is 5.00. The number of aryl methyl sites for hydroxylation is 1. The Morgan fingerprint density at radius 3 is 3.00 bits per heavy atom. The lowest BCUT2D eigenvalue weighted by atomic mass is 10.1. The number of nitrogens with zero attached hydrogens (tertiary/aromatic N) is 1. The summed E-state index contributed by atoms with van der Waals surface area (Å²) in [7, 11) is 1.68. The monoisotopic (exact) mass is 192 g/mol. The molecule has 0 atom stereocenters. The molecule has 0 saturated heterocycles. The van der Waals surface area contributed by atoms with Crippen molar-refractivity contribution in [1.82, 2.24) is 4.98 Å². The van der Waals surface area contributed by atoms with Crippen molar-refractivity contribution in [2.45, 2.75) is 31.2 Å². The average Bonchev–Trinajstić information content (AvgIpc) is 2.95. The summed E-state index contributed by atoms with van der Waals surface area (Å²) in [5.74, 6) is 0.872. The lowest BCUT2D eigenvalue weighted by Crippen LogP contribution is -2.22. The molecule has 3 heteroatoms. The van der Waals surface area contributed by atoms with Gasteiger partial charge < -0.3 is 10.5 Å². The zero-order valence-electron chi connectivity index (χ0n) is 8.49. The molecule has 76 valence electrons. The van der Waals surface area contributed by atoms with Crippen LogP contribution in [0.25, 0.3) is 0 Å². The van der Waals surface area contributed by atoms with Crippen molar-refractivity contribution in [1.29, 1.82) is 0 Å². The number of hydrogen-bond acceptors (Lipinski definition) is 3. The number of aromatic nitrogens is 1. The van der Waals surface area contributed by atoms with Crippen LogP contribution in [0.2, 0.25) is 0 Å². The molecule has 1 fully saturated rings. The van der Waals surface area contributed by atoms with Gasteiger partial charge in [0.1, 0.15) is 5.75 Å². The van der Waals surface area contributed by atoms with Crippen molar-refractivity contribution in [2.75, 3.05) is 7.11 Å². The fraction of sp³-hybridized carbons (Fsp3) is 0.545. The van der Waals surface area contributed by atoms with Crippen LogP contribution >= 0.6 is 0 Å². The highest BCUT2D eigenvalue weighted by atomic mass is 16.5. The van der Waals surface area contributed by atoms with Crippen LogP contribution in [-0.4, -0.2) is 17.6 Å². The zero-order valence-corrected chi connectivity index (χ0v) is 8.49. The maximum atomic E-state index is 6.02. The van der Waals surface area contributed by atoms with E-state index >= 15 is 0 Å². The predicted octanol–water partition coefficient (Wildman–Crippen LogP) is 1.51. The summed E-state index contributed by atoms with van der Waals surface area (Å²) in [6.45, 7) is 0. The summed E-state index contributed by atoms with van der Waals surface area (Å²) in [6, 6.07) is 3.83. The minimum atomic E-state index is 0.0997. The highest BCUT2D eigenvalue weighted by Crippen LogP contribution is 2.37. The third-order valence-corrected chi connectivity index (χ3v) is 2.82. The number of rotatable bonds is 4. The van der Waals surface area contributed by atoms with Crippen molar-refractivity contribution in [2.24, 2.45) is 5.73 Å². The van der Waals surface area contributed by atoms with E-state index in [4.69, 9.17) is 10.5 Å². The molecule has 1 aliphatic carbocycles. The molecule has 0 spiro atoms. The van der Waals surface area contributed by atoms with E-state index < -0.39 is 0 Å². The molecular weight excluding hydrogens is 176 g/mol. The van der Waals surface area contributed by atoms with Crippen molar-refractivity contribution in [3.8, 4) is 5.75 Å². The second-order valence-electron chi connectivity index (χ2n) is 4.01. The third-order valence-electron chi connectivity index (χ3n) is 2.82. The minimum Gasteiger partial charge on any atom is -0.495 e. The van der Waals surface area contributed by atoms with Gasteiger partial charge in [-0.25, -0.2) is 0 Å². The predicted molar refractivity (Wildman–Crippen MR) is 55.3 cm³/mol. The molecule has 0 bridgehead atoms. The fourth-order valence-corrected chi connectivity index (χ4v) is 1.57. The van der Waals surface area contributed by atoms with Crippen molar-refractivity contribution in [3.63, 3.8) is 0 Å². The number of methoxy groups -OCH3 is 1. The zero-order chi connectivity index (χ0) is 10.0. The molecule has 1 saturated carbocycles. The normalized spacial score (nSPS) is 17.9. The van der Waals surface area contributed by atoms with E-state index in [0.717, 1.165) is 37.1 Å². The Labute approximate surface area is 84.3 Å². The SMILES string of the molecule is COc1cccnc1CCC1(N)CC1. The van der Waals surface area contributed by atoms with Gasteiger partial charge in [-0.3, -0.25) is 4.98 Å². The van der Waals surface area contributed by atoms with Gasteiger partial charge in [0.05, 0.1) is 12.8 Å². The number of pyridine rings is 1. The molecule has 14 heavy (non-hydrogen) atoms. The largest absolute Gasteiger partial charge is 0.495 e. The first-order chi connectivity index (χ1) is 6.73. The molecule has 1 aromatic heterocycles. The van der Waals surface area contributed by atoms with Gasteiger partial charge in [0, 0.05) is 11.7 Å². The Morgan fingerprint density at radius 2 is 2.36 bits per heavy atom. The lowest BCUT2D eigenvalue weighted by molar-refractivity contribution is 0.405. The highest BCUT2D eigenvalue weighted by molar-refractivity contribution is 5.27. The summed E-state index contributed by atoms with van der Waals surface area (Å²) in [4.78, 5) is 4.30. The van der Waals surface area contributed by atoms with E-state index in [9.17, 15) is 0 Å². The maximum Gasteiger partial charge on any atom is 0.140 e. The van der Waals surface area contributed by atoms with E-state index in [1.54, 1.807) is 13.3 Å². The van der Waals surface area contributed by atoms with E-state index in [-0.39, 0.29) is 5.54 Å². The van der Waals surface area contributed by atoms with E-state index in [1.165, 1.54) is 0 Å². The average molecular weight is 192 g/mol. The summed E-state index contributed by atoms with van der Waals surface area (Å²) in [5, 5.41) is 0. The molecule has 3 nitrogen and oxygen atoms in total. The van der Waals surface area contributed by atoms with Crippen LogP contribution < -0.4 is 10.5 Å². The molecule has 0 aromatic carbocycles. The van der Waals surface area contributed by atoms with Gasteiger partial charge in [0.25, 0.3) is 0 Å². The molecule has 0 unspecified atom stereocenters. The van der Waals surface area contributed by atoms with Crippen LogP contribution in [0, 0.1) is 0 Å². The van der Waals surface area contributed by atoms with Crippen LogP contribution in [0.4, 0.5) is 0 Å². The second kappa shape index (κ2) is 3.58. The summed E-state index contributed by atoms with van der Waals surface area (Å²) in [5.41, 5.74) is 7.14. The minimum absolute atomic E-state index is 0.0997. The first-order valence-electron chi connectivity index (χ1n) is 5.00. The molecule has 0 aliphatic heterocycles. The number of nitrogens with two attached hydrogens (primary N) is 1. The van der Waals surface area contributed by atoms with Crippen LogP contribution in [0.3, 0.4) is 0 Å². The maximum absolute atomic E-state index is 6.02. The molecule has 0 radical (unpaired) electrons. The molecule has 0 amide bonds. The summed E-state index contributed by atoms with van der Waals surface area (Å²) < 4.78 is 5.23. The molecule has 1 aromatic rings. The van der Waals surface area contributed by atoms with Gasteiger partial charge >= 0.3 is 0 Å². The van der Waals surface area contributed by atoms with Crippen LogP contribution in [0.5, 0.6) is 5.75 Å². The Balaban J connectivity index is 2.00. The van der Waals surface area contributed by atoms with E-state index in [1.807, 2.05) is 12.1 Å². The van der Waals surface area contributed by atoms with Crippen molar-refractivity contribution in [3.05, 3.63) is 24.0 Å². The first kappa shape index (κ1) is 9.46. The topological polar surface area (TPSA) is 48.1 Å².